The molecule has 0 bridgehead atoms. The average Bonchev–Trinajstić information content (AvgIpc) is 2.68. The molecule has 0 aliphatic carbocycles. The third kappa shape index (κ3) is 4.53. The van der Waals surface area contributed by atoms with Crippen LogP contribution in [0, 0.1) is 0 Å². The molecule has 0 saturated carbocycles. The van der Waals surface area contributed by atoms with E-state index in [1.54, 1.807) is 24.8 Å². The van der Waals surface area contributed by atoms with Gasteiger partial charge >= 0.3 is 7.59 Å². The summed E-state index contributed by atoms with van der Waals surface area (Å²) in [5.74, 6) is -0.294. The Morgan fingerprint density at radius 3 is 2.19 bits per heavy atom. The Morgan fingerprint density at radius 2 is 1.69 bits per heavy atom. The molecule has 2 aromatic rings. The van der Waals surface area contributed by atoms with Gasteiger partial charge in [0.15, 0.2) is 0 Å². The highest BCUT2D eigenvalue weighted by molar-refractivity contribution is 7.58. The topological polar surface area (TPSA) is 113 Å². The first-order valence-corrected chi connectivity index (χ1v) is 10.2. The van der Waals surface area contributed by atoms with Crippen molar-refractivity contribution in [1.82, 2.24) is 24.8 Å². The highest BCUT2D eigenvalue weighted by Crippen LogP contribution is 2.43. The van der Waals surface area contributed by atoms with E-state index in [0.29, 0.717) is 26.1 Å². The Hall–Kier alpha value is -2.12. The molecule has 0 radical (unpaired) electrons. The van der Waals surface area contributed by atoms with Crippen LogP contribution < -0.4 is 15.9 Å². The van der Waals surface area contributed by atoms with Crippen molar-refractivity contribution in [3.63, 3.8) is 0 Å². The maximum absolute atomic E-state index is 13.7. The predicted octanol–water partition coefficient (Wildman–Crippen LogP) is 1.41. The van der Waals surface area contributed by atoms with Gasteiger partial charge in [-0.2, -0.15) is 0 Å². The summed E-state index contributed by atoms with van der Waals surface area (Å²) in [6.45, 7) is 1.05. The molecule has 3 rings (SSSR count). The maximum Gasteiger partial charge on any atom is 0.308 e. The molecule has 26 heavy (non-hydrogen) atoms. The molecule has 1 fully saturated rings. The van der Waals surface area contributed by atoms with Gasteiger partial charge in [0, 0.05) is 44.4 Å². The summed E-state index contributed by atoms with van der Waals surface area (Å²) in [6, 6.07) is 6.78. The molecule has 9 heteroatoms. The molecule has 1 amide bonds. The predicted molar refractivity (Wildman–Crippen MR) is 98.7 cm³/mol. The number of rotatable bonds is 7. The van der Waals surface area contributed by atoms with E-state index in [4.69, 9.17) is 5.73 Å². The van der Waals surface area contributed by atoms with E-state index in [9.17, 15) is 9.36 Å². The monoisotopic (exact) mass is 374 g/mol. The molecule has 138 valence electrons. The number of carbonyl (C=O) groups excluding carboxylic acids is 1. The van der Waals surface area contributed by atoms with Crippen LogP contribution in [0.15, 0.2) is 49.1 Å². The number of carbonyl (C=O) groups is 1. The van der Waals surface area contributed by atoms with Gasteiger partial charge in [0.1, 0.15) is 0 Å². The summed E-state index contributed by atoms with van der Waals surface area (Å²) in [6.07, 6.45) is 8.08. The standard InChI is InChI=1S/C17H23N6O2P/c18-16-6-3-9-23(17(16)24)26(25,21-12-14-4-1-7-19-10-14)22-13-15-5-2-8-20-11-15/h1-2,4-5,7-8,10-11,16H,3,6,9,12-13,18H2,(H2,21,22,25)/t16-/m0/s1. The largest absolute Gasteiger partial charge is 0.320 e. The molecular weight excluding hydrogens is 351 g/mol. The van der Waals surface area contributed by atoms with Crippen molar-refractivity contribution in [2.24, 2.45) is 5.73 Å². The van der Waals surface area contributed by atoms with E-state index in [-0.39, 0.29) is 5.91 Å². The summed E-state index contributed by atoms with van der Waals surface area (Å²) in [5, 5.41) is 6.07. The maximum atomic E-state index is 13.7. The van der Waals surface area contributed by atoms with Gasteiger partial charge in [0.2, 0.25) is 5.91 Å². The van der Waals surface area contributed by atoms with Crippen LogP contribution >= 0.6 is 7.59 Å². The van der Waals surface area contributed by atoms with E-state index in [1.165, 1.54) is 4.67 Å². The van der Waals surface area contributed by atoms with Crippen molar-refractivity contribution in [3.05, 3.63) is 60.2 Å². The molecule has 1 saturated heterocycles. The second-order valence-electron chi connectivity index (χ2n) is 6.18. The van der Waals surface area contributed by atoms with Crippen LogP contribution in [0.3, 0.4) is 0 Å². The number of hydrogen-bond acceptors (Lipinski definition) is 5. The Morgan fingerprint density at radius 1 is 1.12 bits per heavy atom. The van der Waals surface area contributed by atoms with Gasteiger partial charge in [-0.05, 0) is 36.1 Å². The molecular formula is C17H23N6O2P. The van der Waals surface area contributed by atoms with Gasteiger partial charge < -0.3 is 5.73 Å². The van der Waals surface area contributed by atoms with Crippen LogP contribution in [-0.4, -0.2) is 33.1 Å². The SMILES string of the molecule is N[C@H]1CCCN(P(=O)(NCc2cccnc2)NCc2cccnc2)C1=O. The first-order valence-electron chi connectivity index (χ1n) is 8.54. The molecule has 8 nitrogen and oxygen atoms in total. The summed E-state index contributed by atoms with van der Waals surface area (Å²) < 4.78 is 15.0. The second-order valence-corrected chi connectivity index (χ2v) is 8.45. The Kier molecular flexibility index (Phi) is 6.11. The van der Waals surface area contributed by atoms with Crippen LogP contribution in [0.1, 0.15) is 24.0 Å². The Bertz CT molecular complexity index is 726. The van der Waals surface area contributed by atoms with Crippen molar-refractivity contribution in [3.8, 4) is 0 Å². The number of pyridine rings is 2. The lowest BCUT2D eigenvalue weighted by atomic mass is 10.1. The molecule has 1 atom stereocenters. The molecule has 0 spiro atoms. The molecule has 1 aliphatic rings. The number of nitrogens with zero attached hydrogens (tertiary/aromatic N) is 3. The lowest BCUT2D eigenvalue weighted by Crippen LogP contribution is -2.50. The zero-order chi connectivity index (χ0) is 18.4. The fourth-order valence-electron chi connectivity index (χ4n) is 2.79. The highest BCUT2D eigenvalue weighted by atomic mass is 31.2. The lowest BCUT2D eigenvalue weighted by molar-refractivity contribution is -0.129. The molecule has 4 N–H and O–H groups in total. The van der Waals surface area contributed by atoms with Crippen LogP contribution in [0.5, 0.6) is 0 Å². The number of nitrogens with two attached hydrogens (primary N) is 1. The third-order valence-corrected chi connectivity index (χ3v) is 6.49. The van der Waals surface area contributed by atoms with Gasteiger partial charge in [-0.25, -0.2) is 10.2 Å². The fraction of sp³-hybridized carbons (Fsp3) is 0.353. The number of piperidine rings is 1. The summed E-state index contributed by atoms with van der Waals surface area (Å²) in [7, 11) is -3.37. The average molecular weight is 374 g/mol. The third-order valence-electron chi connectivity index (χ3n) is 4.24. The quantitative estimate of drug-likeness (QED) is 0.628. The molecule has 3 heterocycles. The van der Waals surface area contributed by atoms with E-state index in [0.717, 1.165) is 17.5 Å². The Labute approximate surface area is 152 Å². The Balaban J connectivity index is 1.77. The van der Waals surface area contributed by atoms with Gasteiger partial charge in [0.05, 0.1) is 6.04 Å². The van der Waals surface area contributed by atoms with Crippen molar-refractivity contribution in [2.45, 2.75) is 32.0 Å². The molecule has 0 aromatic carbocycles. The highest BCUT2D eigenvalue weighted by Gasteiger charge is 2.38. The summed E-state index contributed by atoms with van der Waals surface area (Å²) >= 11 is 0. The fourth-order valence-corrected chi connectivity index (χ4v) is 4.89. The minimum atomic E-state index is -3.37. The van der Waals surface area contributed by atoms with E-state index in [1.807, 2.05) is 24.3 Å². The zero-order valence-electron chi connectivity index (χ0n) is 14.4. The van der Waals surface area contributed by atoms with Gasteiger partial charge in [-0.3, -0.25) is 24.0 Å². The summed E-state index contributed by atoms with van der Waals surface area (Å²) in [5.41, 5.74) is 7.65. The van der Waals surface area contributed by atoms with Crippen molar-refractivity contribution in [1.29, 1.82) is 0 Å². The molecule has 0 unspecified atom stereocenters. The number of nitrogens with one attached hydrogen (secondary N) is 2. The van der Waals surface area contributed by atoms with Crippen LogP contribution in [0.4, 0.5) is 0 Å². The van der Waals surface area contributed by atoms with E-state index in [2.05, 4.69) is 20.1 Å². The van der Waals surface area contributed by atoms with Crippen LogP contribution in [0.2, 0.25) is 0 Å². The van der Waals surface area contributed by atoms with Gasteiger partial charge in [-0.15, -0.1) is 0 Å². The number of amides is 1. The zero-order valence-corrected chi connectivity index (χ0v) is 15.3. The van der Waals surface area contributed by atoms with E-state index >= 15 is 0 Å². The van der Waals surface area contributed by atoms with Crippen LogP contribution in [0.25, 0.3) is 0 Å². The van der Waals surface area contributed by atoms with Crippen molar-refractivity contribution in [2.75, 3.05) is 6.54 Å². The second kappa shape index (κ2) is 8.51. The normalized spacial score (nSPS) is 18.1. The smallest absolute Gasteiger partial charge is 0.308 e. The van der Waals surface area contributed by atoms with Gasteiger partial charge in [0.25, 0.3) is 0 Å². The minimum absolute atomic E-state index is 0.294. The lowest BCUT2D eigenvalue weighted by Gasteiger charge is -2.37. The summed E-state index contributed by atoms with van der Waals surface area (Å²) in [4.78, 5) is 20.6. The number of aromatic nitrogens is 2. The number of hydrogen-bond donors (Lipinski definition) is 3. The van der Waals surface area contributed by atoms with Crippen LogP contribution in [-0.2, 0) is 22.4 Å². The minimum Gasteiger partial charge on any atom is -0.320 e. The van der Waals surface area contributed by atoms with Crippen molar-refractivity contribution >= 4 is 13.5 Å². The first-order chi connectivity index (χ1) is 12.6. The first kappa shape index (κ1) is 18.7. The molecule has 1 aliphatic heterocycles. The molecule has 2 aromatic heterocycles. The van der Waals surface area contributed by atoms with Gasteiger partial charge in [-0.1, -0.05) is 12.1 Å². The van der Waals surface area contributed by atoms with Crippen molar-refractivity contribution < 1.29 is 9.36 Å². The van der Waals surface area contributed by atoms with E-state index < -0.39 is 13.6 Å².